The molecule has 1 amide bonds. The van der Waals surface area contributed by atoms with E-state index < -0.39 is 10.0 Å². The maximum Gasteiger partial charge on any atom is 0.251 e. The number of aryl methyl sites for hydroxylation is 1. The number of carbonyl (C=O) groups excluding carboxylic acids is 1. The summed E-state index contributed by atoms with van der Waals surface area (Å²) in [5.74, 6) is 0.990. The molecule has 3 aromatic carbocycles. The van der Waals surface area contributed by atoms with Gasteiger partial charge < -0.3 is 14.8 Å². The molecule has 8 heteroatoms. The van der Waals surface area contributed by atoms with Crippen molar-refractivity contribution in [3.8, 4) is 11.5 Å². The van der Waals surface area contributed by atoms with Crippen molar-refractivity contribution in [2.24, 2.45) is 0 Å². The molecule has 7 nitrogen and oxygen atoms in total. The maximum absolute atomic E-state index is 12.6. The van der Waals surface area contributed by atoms with E-state index in [4.69, 9.17) is 9.47 Å². The lowest BCUT2D eigenvalue weighted by molar-refractivity contribution is 0.0951. The third-order valence-corrected chi connectivity index (χ3v) is 6.31. The summed E-state index contributed by atoms with van der Waals surface area (Å²) >= 11 is 0. The third-order valence-electron chi connectivity index (χ3n) is 5.17. The maximum atomic E-state index is 12.6. The lowest BCUT2D eigenvalue weighted by Gasteiger charge is -2.22. The van der Waals surface area contributed by atoms with Crippen LogP contribution in [-0.2, 0) is 23.1 Å². The summed E-state index contributed by atoms with van der Waals surface area (Å²) in [4.78, 5) is 12.6. The summed E-state index contributed by atoms with van der Waals surface area (Å²) < 4.78 is 36.6. The van der Waals surface area contributed by atoms with Crippen LogP contribution in [0.2, 0.25) is 0 Å². The van der Waals surface area contributed by atoms with Gasteiger partial charge in [0.2, 0.25) is 10.0 Å². The fraction of sp³-hybridized carbons (Fsp3) is 0.240. The van der Waals surface area contributed by atoms with E-state index >= 15 is 0 Å². The zero-order chi connectivity index (χ0) is 24.0. The molecule has 3 aromatic rings. The second-order valence-electron chi connectivity index (χ2n) is 7.67. The largest absolute Gasteiger partial charge is 0.493 e. The number of hydrogen-bond acceptors (Lipinski definition) is 5. The molecule has 0 aliphatic rings. The molecular weight excluding hydrogens is 440 g/mol. The van der Waals surface area contributed by atoms with Gasteiger partial charge in [0.25, 0.3) is 5.91 Å². The lowest BCUT2D eigenvalue weighted by atomic mass is 10.1. The van der Waals surface area contributed by atoms with Crippen LogP contribution < -0.4 is 19.1 Å². The first-order valence-corrected chi connectivity index (χ1v) is 12.2. The number of rotatable bonds is 9. The Morgan fingerprint density at radius 2 is 1.48 bits per heavy atom. The van der Waals surface area contributed by atoms with Gasteiger partial charge in [-0.15, -0.1) is 0 Å². The SMILES string of the molecule is COc1ccc(CNC(=O)c2ccc(CN(c3ccc(C)cc3)S(C)(=O)=O)cc2)cc1OC. The van der Waals surface area contributed by atoms with Crippen LogP contribution in [0.3, 0.4) is 0 Å². The number of nitrogens with zero attached hydrogens (tertiary/aromatic N) is 1. The van der Waals surface area contributed by atoms with Crippen molar-refractivity contribution < 1.29 is 22.7 Å². The number of ether oxygens (including phenoxy) is 2. The minimum atomic E-state index is -3.47. The van der Waals surface area contributed by atoms with E-state index in [2.05, 4.69) is 5.32 Å². The molecule has 33 heavy (non-hydrogen) atoms. The van der Waals surface area contributed by atoms with E-state index in [-0.39, 0.29) is 12.5 Å². The average molecular weight is 469 g/mol. The Kier molecular flexibility index (Phi) is 7.60. The molecule has 1 N–H and O–H groups in total. The monoisotopic (exact) mass is 468 g/mol. The quantitative estimate of drug-likeness (QED) is 0.515. The zero-order valence-electron chi connectivity index (χ0n) is 19.2. The number of methoxy groups -OCH3 is 2. The summed E-state index contributed by atoms with van der Waals surface area (Å²) in [6.07, 6.45) is 1.18. The van der Waals surface area contributed by atoms with Gasteiger partial charge in [-0.3, -0.25) is 9.10 Å². The number of nitrogens with one attached hydrogen (secondary N) is 1. The number of hydrogen-bond donors (Lipinski definition) is 1. The Morgan fingerprint density at radius 3 is 2.06 bits per heavy atom. The molecule has 3 rings (SSSR count). The molecule has 0 aliphatic heterocycles. The van der Waals surface area contributed by atoms with E-state index in [1.807, 2.05) is 31.2 Å². The topological polar surface area (TPSA) is 84.9 Å². The molecule has 0 saturated carbocycles. The van der Waals surface area contributed by atoms with Gasteiger partial charge in [-0.2, -0.15) is 0 Å². The first-order chi connectivity index (χ1) is 15.7. The number of amides is 1. The van der Waals surface area contributed by atoms with Crippen LogP contribution in [0.15, 0.2) is 66.7 Å². The van der Waals surface area contributed by atoms with Crippen LogP contribution in [0, 0.1) is 6.92 Å². The molecule has 0 heterocycles. The van der Waals surface area contributed by atoms with Crippen molar-refractivity contribution in [2.75, 3.05) is 24.8 Å². The van der Waals surface area contributed by atoms with Gasteiger partial charge in [0.05, 0.1) is 32.7 Å². The van der Waals surface area contributed by atoms with Gasteiger partial charge >= 0.3 is 0 Å². The minimum Gasteiger partial charge on any atom is -0.493 e. The Labute approximate surface area is 195 Å². The van der Waals surface area contributed by atoms with Crippen LogP contribution in [0.4, 0.5) is 5.69 Å². The summed E-state index contributed by atoms with van der Waals surface area (Å²) in [5, 5.41) is 2.88. The van der Waals surface area contributed by atoms with E-state index in [1.165, 1.54) is 10.6 Å². The normalized spacial score (nSPS) is 11.0. The minimum absolute atomic E-state index is 0.176. The molecule has 0 spiro atoms. The van der Waals surface area contributed by atoms with E-state index in [0.29, 0.717) is 29.3 Å². The lowest BCUT2D eigenvalue weighted by Crippen LogP contribution is -2.29. The summed E-state index contributed by atoms with van der Waals surface area (Å²) in [6.45, 7) is 2.45. The smallest absolute Gasteiger partial charge is 0.251 e. The van der Waals surface area contributed by atoms with Gasteiger partial charge in [0, 0.05) is 12.1 Å². The Hall–Kier alpha value is -3.52. The third kappa shape index (κ3) is 6.26. The van der Waals surface area contributed by atoms with Gasteiger partial charge in [-0.1, -0.05) is 35.9 Å². The van der Waals surface area contributed by atoms with Gasteiger partial charge in [0.15, 0.2) is 11.5 Å². The van der Waals surface area contributed by atoms with Crippen molar-refractivity contribution in [2.45, 2.75) is 20.0 Å². The molecular formula is C25H28N2O5S. The molecule has 0 radical (unpaired) electrons. The highest BCUT2D eigenvalue weighted by Gasteiger charge is 2.18. The van der Waals surface area contributed by atoms with Gasteiger partial charge in [-0.25, -0.2) is 8.42 Å². The van der Waals surface area contributed by atoms with Gasteiger partial charge in [-0.05, 0) is 54.4 Å². The first kappa shape index (κ1) is 24.1. The van der Waals surface area contributed by atoms with Gasteiger partial charge in [0.1, 0.15) is 0 Å². The molecule has 174 valence electrons. The zero-order valence-corrected chi connectivity index (χ0v) is 20.0. The predicted octanol–water partition coefficient (Wildman–Crippen LogP) is 3.91. The Morgan fingerprint density at radius 1 is 0.879 bits per heavy atom. The average Bonchev–Trinajstić information content (AvgIpc) is 2.81. The standard InChI is InChI=1S/C25H28N2O5S/c1-18-5-12-22(13-6-18)27(33(4,29)30)17-19-7-10-21(11-8-19)25(28)26-16-20-9-14-23(31-2)24(15-20)32-3/h5-15H,16-17H2,1-4H3,(H,26,28). The van der Waals surface area contributed by atoms with E-state index in [0.717, 1.165) is 16.7 Å². The van der Waals surface area contributed by atoms with Crippen LogP contribution in [0.5, 0.6) is 11.5 Å². The van der Waals surface area contributed by atoms with Crippen molar-refractivity contribution in [1.29, 1.82) is 0 Å². The molecule has 0 saturated heterocycles. The fourth-order valence-electron chi connectivity index (χ4n) is 3.31. The summed E-state index contributed by atoms with van der Waals surface area (Å²) in [7, 11) is -0.341. The molecule has 0 aromatic heterocycles. The van der Waals surface area contributed by atoms with Crippen LogP contribution in [0.25, 0.3) is 0 Å². The Balaban J connectivity index is 1.67. The number of benzene rings is 3. The number of sulfonamides is 1. The van der Waals surface area contributed by atoms with Crippen LogP contribution in [-0.4, -0.2) is 34.8 Å². The molecule has 0 bridgehead atoms. The summed E-state index contributed by atoms with van der Waals surface area (Å²) in [6, 6.07) is 19.7. The van der Waals surface area contributed by atoms with Crippen LogP contribution >= 0.6 is 0 Å². The molecule has 0 fully saturated rings. The molecule has 0 atom stereocenters. The Bertz CT molecular complexity index is 1210. The predicted molar refractivity (Wildman–Crippen MR) is 129 cm³/mol. The highest BCUT2D eigenvalue weighted by atomic mass is 32.2. The van der Waals surface area contributed by atoms with Crippen molar-refractivity contribution in [1.82, 2.24) is 5.32 Å². The number of anilines is 1. The van der Waals surface area contributed by atoms with E-state index in [1.54, 1.807) is 56.7 Å². The highest BCUT2D eigenvalue weighted by Crippen LogP contribution is 2.27. The molecule has 0 aliphatic carbocycles. The first-order valence-electron chi connectivity index (χ1n) is 10.3. The van der Waals surface area contributed by atoms with Crippen LogP contribution in [0.1, 0.15) is 27.0 Å². The second kappa shape index (κ2) is 10.4. The van der Waals surface area contributed by atoms with Crippen molar-refractivity contribution >= 4 is 21.6 Å². The van der Waals surface area contributed by atoms with Crippen molar-refractivity contribution in [3.05, 3.63) is 89.0 Å². The molecule has 0 unspecified atom stereocenters. The second-order valence-corrected chi connectivity index (χ2v) is 9.58. The van der Waals surface area contributed by atoms with E-state index in [9.17, 15) is 13.2 Å². The highest BCUT2D eigenvalue weighted by molar-refractivity contribution is 7.92. The number of carbonyl (C=O) groups is 1. The fourth-order valence-corrected chi connectivity index (χ4v) is 4.20. The van der Waals surface area contributed by atoms with Crippen molar-refractivity contribution in [3.63, 3.8) is 0 Å². The summed E-state index contributed by atoms with van der Waals surface area (Å²) in [5.41, 5.74) is 3.79.